The van der Waals surface area contributed by atoms with Gasteiger partial charge in [0, 0.05) is 0 Å². The zero-order valence-electron chi connectivity index (χ0n) is 15.5. The molecule has 1 fully saturated rings. The van der Waals surface area contributed by atoms with E-state index in [4.69, 9.17) is 9.47 Å². The topological polar surface area (TPSA) is 18.5 Å². The molecule has 0 unspecified atom stereocenters. The highest BCUT2D eigenvalue weighted by molar-refractivity contribution is 5.26. The number of unbranched alkanes of at least 4 members (excludes halogenated alkanes) is 3. The van der Waals surface area contributed by atoms with Crippen LogP contribution >= 0.6 is 0 Å². The van der Waals surface area contributed by atoms with Gasteiger partial charge in [-0.05, 0) is 36.5 Å². The van der Waals surface area contributed by atoms with E-state index >= 15 is 0 Å². The van der Waals surface area contributed by atoms with Crippen molar-refractivity contribution in [2.24, 2.45) is 0 Å². The van der Waals surface area contributed by atoms with E-state index in [9.17, 15) is 0 Å². The summed E-state index contributed by atoms with van der Waals surface area (Å²) in [4.78, 5) is 0. The first-order valence-electron chi connectivity index (χ1n) is 9.65. The van der Waals surface area contributed by atoms with Crippen LogP contribution in [0.2, 0.25) is 0 Å². The second kappa shape index (κ2) is 9.17. The SMILES string of the molecule is CCCCCCc1ccc([C@@H]2CO[C@@H](c3ccc(C)cc3)CO2)cc1. The predicted molar refractivity (Wildman–Crippen MR) is 103 cm³/mol. The lowest BCUT2D eigenvalue weighted by atomic mass is 10.0. The zero-order valence-corrected chi connectivity index (χ0v) is 15.5. The van der Waals surface area contributed by atoms with Gasteiger partial charge in [0.1, 0.15) is 12.2 Å². The van der Waals surface area contributed by atoms with Gasteiger partial charge in [0.05, 0.1) is 13.2 Å². The number of ether oxygens (including phenoxy) is 2. The third-order valence-corrected chi connectivity index (χ3v) is 5.02. The molecular formula is C23H30O2. The second-order valence-corrected chi connectivity index (χ2v) is 7.11. The van der Waals surface area contributed by atoms with Crippen LogP contribution in [0.4, 0.5) is 0 Å². The third kappa shape index (κ3) is 5.17. The van der Waals surface area contributed by atoms with Crippen molar-refractivity contribution in [1.29, 1.82) is 0 Å². The van der Waals surface area contributed by atoms with Crippen molar-refractivity contribution in [3.63, 3.8) is 0 Å². The van der Waals surface area contributed by atoms with Gasteiger partial charge < -0.3 is 9.47 Å². The number of hydrogen-bond donors (Lipinski definition) is 0. The number of rotatable bonds is 7. The minimum atomic E-state index is 0.0506. The molecule has 3 rings (SSSR count). The molecule has 0 N–H and O–H groups in total. The summed E-state index contributed by atoms with van der Waals surface area (Å²) in [5.41, 5.74) is 5.12. The fraction of sp³-hybridized carbons (Fsp3) is 0.478. The van der Waals surface area contributed by atoms with Gasteiger partial charge in [-0.1, -0.05) is 80.3 Å². The molecule has 134 valence electrons. The van der Waals surface area contributed by atoms with Gasteiger partial charge in [0.25, 0.3) is 0 Å². The van der Waals surface area contributed by atoms with E-state index in [-0.39, 0.29) is 12.2 Å². The van der Waals surface area contributed by atoms with Gasteiger partial charge in [-0.25, -0.2) is 0 Å². The Morgan fingerprint density at radius 1 is 0.760 bits per heavy atom. The monoisotopic (exact) mass is 338 g/mol. The first kappa shape index (κ1) is 18.2. The molecule has 0 radical (unpaired) electrons. The highest BCUT2D eigenvalue weighted by Gasteiger charge is 2.24. The number of benzene rings is 2. The van der Waals surface area contributed by atoms with Gasteiger partial charge in [-0.15, -0.1) is 0 Å². The normalized spacial score (nSPS) is 20.6. The maximum absolute atomic E-state index is 6.09. The van der Waals surface area contributed by atoms with E-state index in [1.807, 2.05) is 0 Å². The summed E-state index contributed by atoms with van der Waals surface area (Å²) in [5, 5.41) is 0. The van der Waals surface area contributed by atoms with Gasteiger partial charge in [-0.2, -0.15) is 0 Å². The Morgan fingerprint density at radius 3 is 1.84 bits per heavy atom. The lowest BCUT2D eigenvalue weighted by molar-refractivity contribution is -0.137. The van der Waals surface area contributed by atoms with E-state index in [2.05, 4.69) is 62.4 Å². The van der Waals surface area contributed by atoms with Crippen molar-refractivity contribution >= 4 is 0 Å². The summed E-state index contributed by atoms with van der Waals surface area (Å²) in [7, 11) is 0. The van der Waals surface area contributed by atoms with E-state index in [0.29, 0.717) is 13.2 Å². The highest BCUT2D eigenvalue weighted by atomic mass is 16.6. The fourth-order valence-electron chi connectivity index (χ4n) is 3.32. The molecule has 25 heavy (non-hydrogen) atoms. The first-order valence-corrected chi connectivity index (χ1v) is 9.65. The van der Waals surface area contributed by atoms with Crippen molar-refractivity contribution in [3.8, 4) is 0 Å². The van der Waals surface area contributed by atoms with E-state index in [0.717, 1.165) is 0 Å². The zero-order chi connectivity index (χ0) is 17.5. The van der Waals surface area contributed by atoms with Crippen LogP contribution in [-0.4, -0.2) is 13.2 Å². The number of aryl methyl sites for hydroxylation is 2. The maximum atomic E-state index is 6.09. The minimum absolute atomic E-state index is 0.0506. The van der Waals surface area contributed by atoms with Crippen molar-refractivity contribution in [3.05, 3.63) is 70.8 Å². The van der Waals surface area contributed by atoms with Crippen LogP contribution in [0.5, 0.6) is 0 Å². The second-order valence-electron chi connectivity index (χ2n) is 7.11. The van der Waals surface area contributed by atoms with Crippen LogP contribution in [0.15, 0.2) is 48.5 Å². The summed E-state index contributed by atoms with van der Waals surface area (Å²) >= 11 is 0. The molecule has 0 amide bonds. The Morgan fingerprint density at radius 2 is 1.32 bits per heavy atom. The molecule has 1 aliphatic rings. The van der Waals surface area contributed by atoms with Crippen LogP contribution in [0.3, 0.4) is 0 Å². The molecule has 2 nitrogen and oxygen atoms in total. The molecule has 2 aromatic carbocycles. The Kier molecular flexibility index (Phi) is 6.66. The molecular weight excluding hydrogens is 308 g/mol. The lowest BCUT2D eigenvalue weighted by Gasteiger charge is -2.30. The lowest BCUT2D eigenvalue weighted by Crippen LogP contribution is -2.25. The van der Waals surface area contributed by atoms with Crippen molar-refractivity contribution in [1.82, 2.24) is 0 Å². The average Bonchev–Trinajstić information content (AvgIpc) is 2.67. The van der Waals surface area contributed by atoms with Crippen LogP contribution in [-0.2, 0) is 15.9 Å². The molecule has 2 heteroatoms. The van der Waals surface area contributed by atoms with Gasteiger partial charge >= 0.3 is 0 Å². The quantitative estimate of drug-likeness (QED) is 0.581. The van der Waals surface area contributed by atoms with E-state index in [1.165, 1.54) is 54.4 Å². The molecule has 1 saturated heterocycles. The molecule has 0 aliphatic carbocycles. The fourth-order valence-corrected chi connectivity index (χ4v) is 3.32. The van der Waals surface area contributed by atoms with Gasteiger partial charge in [-0.3, -0.25) is 0 Å². The smallest absolute Gasteiger partial charge is 0.106 e. The van der Waals surface area contributed by atoms with Crippen LogP contribution in [0.1, 0.15) is 67.1 Å². The Hall–Kier alpha value is -1.64. The molecule has 1 heterocycles. The van der Waals surface area contributed by atoms with Crippen molar-refractivity contribution in [2.45, 2.75) is 58.2 Å². The van der Waals surface area contributed by atoms with Crippen molar-refractivity contribution < 1.29 is 9.47 Å². The van der Waals surface area contributed by atoms with Gasteiger partial charge in [0.2, 0.25) is 0 Å². The van der Waals surface area contributed by atoms with Crippen molar-refractivity contribution in [2.75, 3.05) is 13.2 Å². The molecule has 0 spiro atoms. The minimum Gasteiger partial charge on any atom is -0.368 e. The Labute approximate surface area is 152 Å². The van der Waals surface area contributed by atoms with E-state index in [1.54, 1.807) is 0 Å². The third-order valence-electron chi connectivity index (χ3n) is 5.02. The van der Waals surface area contributed by atoms with E-state index < -0.39 is 0 Å². The summed E-state index contributed by atoms with van der Waals surface area (Å²) < 4.78 is 12.2. The molecule has 1 aliphatic heterocycles. The first-order chi connectivity index (χ1) is 12.3. The summed E-state index contributed by atoms with van der Waals surface area (Å²) in [6.45, 7) is 5.59. The summed E-state index contributed by atoms with van der Waals surface area (Å²) in [6.07, 6.45) is 6.53. The Balaban J connectivity index is 1.50. The highest BCUT2D eigenvalue weighted by Crippen LogP contribution is 2.30. The molecule has 2 atom stereocenters. The molecule has 0 aromatic heterocycles. The van der Waals surface area contributed by atoms with Crippen LogP contribution in [0, 0.1) is 6.92 Å². The number of hydrogen-bond acceptors (Lipinski definition) is 2. The molecule has 2 aromatic rings. The molecule has 0 saturated carbocycles. The predicted octanol–water partition coefficient (Wildman–Crippen LogP) is 5.95. The summed E-state index contributed by atoms with van der Waals surface area (Å²) in [6, 6.07) is 17.4. The van der Waals surface area contributed by atoms with Gasteiger partial charge in [0.15, 0.2) is 0 Å². The average molecular weight is 338 g/mol. The Bertz CT molecular complexity index is 622. The summed E-state index contributed by atoms with van der Waals surface area (Å²) in [5.74, 6) is 0. The standard InChI is InChI=1S/C23H30O2/c1-3-4-5-6-7-19-10-14-21(15-11-19)23-17-24-22(16-25-23)20-12-8-18(2)9-13-20/h8-15,22-23H,3-7,16-17H2,1-2H3/t22-,23+/m1/s1. The van der Waals surface area contributed by atoms with Crippen LogP contribution in [0.25, 0.3) is 0 Å². The van der Waals surface area contributed by atoms with Crippen LogP contribution < -0.4 is 0 Å². The largest absolute Gasteiger partial charge is 0.368 e. The maximum Gasteiger partial charge on any atom is 0.106 e. The molecule has 0 bridgehead atoms.